The van der Waals surface area contributed by atoms with Gasteiger partial charge >= 0.3 is 0 Å². The molecule has 1 unspecified atom stereocenters. The smallest absolute Gasteiger partial charge is 0.129 e. The van der Waals surface area contributed by atoms with Crippen LogP contribution < -0.4 is 0 Å². The lowest BCUT2D eigenvalue weighted by atomic mass is 9.97. The molecule has 0 aliphatic carbocycles. The standard InChI is InChI=1S/C22H27NO/c1-4-6-7-8-10-18-15-21-19(22(24-18)9-5-2)14-17-13-16(3)11-12-20(17)23-21/h5,11-15,22H,2,4,6-10H2,1,3H3. The van der Waals surface area contributed by atoms with Gasteiger partial charge in [0.2, 0.25) is 0 Å². The van der Waals surface area contributed by atoms with Crippen LogP contribution in [0.15, 0.2) is 42.7 Å². The maximum atomic E-state index is 6.26. The average molecular weight is 321 g/mol. The van der Waals surface area contributed by atoms with Crippen LogP contribution in [0.25, 0.3) is 17.0 Å². The Morgan fingerprint density at radius 2 is 2.08 bits per heavy atom. The summed E-state index contributed by atoms with van der Waals surface area (Å²) in [6, 6.07) is 8.66. The van der Waals surface area contributed by atoms with Crippen molar-refractivity contribution in [2.75, 3.05) is 0 Å². The third kappa shape index (κ3) is 3.69. The minimum absolute atomic E-state index is 0.0427. The van der Waals surface area contributed by atoms with Crippen LogP contribution in [0.4, 0.5) is 0 Å². The van der Waals surface area contributed by atoms with E-state index in [1.54, 1.807) is 0 Å². The second-order valence-corrected chi connectivity index (χ2v) is 6.71. The number of unbranched alkanes of at least 4 members (excludes halogenated alkanes) is 3. The van der Waals surface area contributed by atoms with Crippen LogP contribution in [-0.2, 0) is 4.74 Å². The number of aromatic nitrogens is 1. The topological polar surface area (TPSA) is 22.1 Å². The van der Waals surface area contributed by atoms with Gasteiger partial charge in [-0.1, -0.05) is 43.9 Å². The van der Waals surface area contributed by atoms with Crippen molar-refractivity contribution in [2.24, 2.45) is 0 Å². The van der Waals surface area contributed by atoms with Crippen LogP contribution >= 0.6 is 0 Å². The molecule has 0 saturated carbocycles. The minimum Gasteiger partial charge on any atom is -0.490 e. The molecule has 126 valence electrons. The number of rotatable bonds is 7. The summed E-state index contributed by atoms with van der Waals surface area (Å²) in [5.41, 5.74) is 4.56. The van der Waals surface area contributed by atoms with E-state index < -0.39 is 0 Å². The van der Waals surface area contributed by atoms with E-state index in [0.717, 1.165) is 29.8 Å². The molecule has 0 spiro atoms. The third-order valence-electron chi connectivity index (χ3n) is 4.63. The predicted octanol–water partition coefficient (Wildman–Crippen LogP) is 6.50. The Morgan fingerprint density at radius 1 is 1.21 bits per heavy atom. The molecular formula is C22H27NO. The Bertz CT molecular complexity index is 760. The van der Waals surface area contributed by atoms with E-state index in [2.05, 4.69) is 50.8 Å². The molecule has 1 aliphatic rings. The molecule has 1 aromatic carbocycles. The van der Waals surface area contributed by atoms with E-state index in [1.165, 1.54) is 42.2 Å². The van der Waals surface area contributed by atoms with E-state index in [-0.39, 0.29) is 6.10 Å². The van der Waals surface area contributed by atoms with Gasteiger partial charge in [-0.2, -0.15) is 0 Å². The highest BCUT2D eigenvalue weighted by molar-refractivity contribution is 5.82. The number of pyridine rings is 1. The largest absolute Gasteiger partial charge is 0.490 e. The number of hydrogen-bond donors (Lipinski definition) is 0. The molecular weight excluding hydrogens is 294 g/mol. The molecule has 24 heavy (non-hydrogen) atoms. The summed E-state index contributed by atoms with van der Waals surface area (Å²) < 4.78 is 6.26. The van der Waals surface area contributed by atoms with Gasteiger partial charge in [0, 0.05) is 29.9 Å². The van der Waals surface area contributed by atoms with Gasteiger partial charge in [0.05, 0.1) is 17.0 Å². The lowest BCUT2D eigenvalue weighted by molar-refractivity contribution is 0.109. The Kier molecular flexibility index (Phi) is 5.34. The van der Waals surface area contributed by atoms with Crippen molar-refractivity contribution < 1.29 is 4.74 Å². The first-order chi connectivity index (χ1) is 11.7. The van der Waals surface area contributed by atoms with Gasteiger partial charge in [-0.05, 0) is 31.5 Å². The number of benzene rings is 1. The first-order valence-corrected chi connectivity index (χ1v) is 9.10. The van der Waals surface area contributed by atoms with E-state index in [9.17, 15) is 0 Å². The number of fused-ring (bicyclic) bond motifs is 2. The van der Waals surface area contributed by atoms with E-state index >= 15 is 0 Å². The number of aryl methyl sites for hydroxylation is 1. The third-order valence-corrected chi connectivity index (χ3v) is 4.63. The number of hydrogen-bond acceptors (Lipinski definition) is 2. The van der Waals surface area contributed by atoms with Gasteiger partial charge < -0.3 is 4.74 Å². The average Bonchev–Trinajstić information content (AvgIpc) is 2.57. The molecule has 1 aliphatic heterocycles. The van der Waals surface area contributed by atoms with Crippen LogP contribution in [0.3, 0.4) is 0 Å². The van der Waals surface area contributed by atoms with Crippen molar-refractivity contribution in [3.05, 3.63) is 59.5 Å². The van der Waals surface area contributed by atoms with Gasteiger partial charge in [0.1, 0.15) is 6.10 Å². The monoisotopic (exact) mass is 321 g/mol. The van der Waals surface area contributed by atoms with E-state index in [0.29, 0.717) is 0 Å². The number of ether oxygens (including phenoxy) is 1. The summed E-state index contributed by atoms with van der Waals surface area (Å²) in [4.78, 5) is 4.89. The zero-order valence-electron chi connectivity index (χ0n) is 14.8. The first kappa shape index (κ1) is 16.8. The molecule has 0 fully saturated rings. The molecule has 0 radical (unpaired) electrons. The molecule has 2 nitrogen and oxygen atoms in total. The highest BCUT2D eigenvalue weighted by Crippen LogP contribution is 2.36. The summed E-state index contributed by atoms with van der Waals surface area (Å²) in [5, 5.41) is 1.19. The summed E-state index contributed by atoms with van der Waals surface area (Å²) in [5.74, 6) is 1.07. The van der Waals surface area contributed by atoms with Crippen molar-refractivity contribution in [2.45, 2.75) is 58.5 Å². The van der Waals surface area contributed by atoms with Crippen molar-refractivity contribution in [1.82, 2.24) is 4.98 Å². The zero-order valence-corrected chi connectivity index (χ0v) is 14.8. The molecule has 0 saturated heterocycles. The zero-order chi connectivity index (χ0) is 16.9. The fourth-order valence-electron chi connectivity index (χ4n) is 3.32. The fourth-order valence-corrected chi connectivity index (χ4v) is 3.32. The maximum absolute atomic E-state index is 6.26. The maximum Gasteiger partial charge on any atom is 0.129 e. The van der Waals surface area contributed by atoms with E-state index in [4.69, 9.17) is 9.72 Å². The summed E-state index contributed by atoms with van der Waals surface area (Å²) in [7, 11) is 0. The van der Waals surface area contributed by atoms with Crippen molar-refractivity contribution in [1.29, 1.82) is 0 Å². The number of allylic oxidation sites excluding steroid dienone is 1. The molecule has 2 aromatic rings. The molecule has 1 aromatic heterocycles. The molecule has 0 N–H and O–H groups in total. The summed E-state index contributed by atoms with van der Waals surface area (Å²) >= 11 is 0. The second kappa shape index (κ2) is 7.65. The van der Waals surface area contributed by atoms with Gasteiger partial charge in [-0.15, -0.1) is 6.58 Å². The van der Waals surface area contributed by atoms with Gasteiger partial charge in [-0.3, -0.25) is 0 Å². The van der Waals surface area contributed by atoms with Crippen LogP contribution in [-0.4, -0.2) is 4.98 Å². The Labute approximate surface area is 145 Å². The van der Waals surface area contributed by atoms with Crippen molar-refractivity contribution in [3.8, 4) is 0 Å². The minimum atomic E-state index is 0.0427. The SMILES string of the molecule is C=CCC1OC(CCCCCC)=Cc2nc3ccc(C)cc3cc21. The summed E-state index contributed by atoms with van der Waals surface area (Å²) in [6.07, 6.45) is 10.9. The number of nitrogens with zero attached hydrogens (tertiary/aromatic N) is 1. The lowest BCUT2D eigenvalue weighted by Crippen LogP contribution is -2.12. The highest BCUT2D eigenvalue weighted by Gasteiger charge is 2.23. The molecule has 1 atom stereocenters. The quantitative estimate of drug-likeness (QED) is 0.429. The van der Waals surface area contributed by atoms with Gasteiger partial charge in [0.25, 0.3) is 0 Å². The highest BCUT2D eigenvalue weighted by atomic mass is 16.5. The van der Waals surface area contributed by atoms with Crippen LogP contribution in [0.5, 0.6) is 0 Å². The van der Waals surface area contributed by atoms with Crippen LogP contribution in [0.1, 0.15) is 68.4 Å². The Hall–Kier alpha value is -2.09. The molecule has 0 amide bonds. The summed E-state index contributed by atoms with van der Waals surface area (Å²) in [6.45, 7) is 8.25. The van der Waals surface area contributed by atoms with Crippen molar-refractivity contribution in [3.63, 3.8) is 0 Å². The normalized spacial score (nSPS) is 16.4. The van der Waals surface area contributed by atoms with Crippen molar-refractivity contribution >= 4 is 17.0 Å². The molecule has 2 heteroatoms. The van der Waals surface area contributed by atoms with Crippen LogP contribution in [0.2, 0.25) is 0 Å². The Morgan fingerprint density at radius 3 is 2.88 bits per heavy atom. The molecule has 2 heterocycles. The molecule has 0 bridgehead atoms. The predicted molar refractivity (Wildman–Crippen MR) is 102 cm³/mol. The lowest BCUT2D eigenvalue weighted by Gasteiger charge is -2.26. The van der Waals surface area contributed by atoms with Gasteiger partial charge in [-0.25, -0.2) is 4.98 Å². The van der Waals surface area contributed by atoms with Crippen LogP contribution in [0, 0.1) is 6.92 Å². The van der Waals surface area contributed by atoms with Gasteiger partial charge in [0.15, 0.2) is 0 Å². The second-order valence-electron chi connectivity index (χ2n) is 6.71. The van der Waals surface area contributed by atoms with E-state index in [1.807, 2.05) is 6.08 Å². The Balaban J connectivity index is 1.92. The molecule has 3 rings (SSSR count). The fraction of sp³-hybridized carbons (Fsp3) is 0.409. The first-order valence-electron chi connectivity index (χ1n) is 9.10.